The van der Waals surface area contributed by atoms with Crippen LogP contribution in [0.3, 0.4) is 0 Å². The number of nitrogens with zero attached hydrogens (tertiary/aromatic N) is 3. The van der Waals surface area contributed by atoms with Crippen LogP contribution in [0.15, 0.2) is 36.8 Å². The Morgan fingerprint density at radius 2 is 1.95 bits per heavy atom. The molecule has 0 bridgehead atoms. The standard InChI is InChI=1S/C17H21N5/c1-11(2)17(3,4)22-14-7-9-19-16(21-14)13-10-20-15-12(13)6-5-8-18-15/h5-11H,1-4H3,(H,18,20)(H,19,21,22). The lowest BCUT2D eigenvalue weighted by atomic mass is 9.91. The summed E-state index contributed by atoms with van der Waals surface area (Å²) >= 11 is 0. The van der Waals surface area contributed by atoms with Crippen molar-refractivity contribution < 1.29 is 0 Å². The van der Waals surface area contributed by atoms with E-state index in [-0.39, 0.29) is 5.54 Å². The molecular weight excluding hydrogens is 274 g/mol. The molecule has 0 atom stereocenters. The van der Waals surface area contributed by atoms with Crippen molar-refractivity contribution in [2.45, 2.75) is 33.2 Å². The molecule has 0 aliphatic heterocycles. The Morgan fingerprint density at radius 3 is 2.73 bits per heavy atom. The summed E-state index contributed by atoms with van der Waals surface area (Å²) in [6.45, 7) is 8.74. The van der Waals surface area contributed by atoms with E-state index in [9.17, 15) is 0 Å². The molecular formula is C17H21N5. The molecule has 0 aliphatic carbocycles. The first-order chi connectivity index (χ1) is 10.5. The number of pyridine rings is 1. The van der Waals surface area contributed by atoms with Crippen LogP contribution in [0.2, 0.25) is 0 Å². The molecule has 0 saturated carbocycles. The SMILES string of the molecule is CC(C)C(C)(C)Nc1ccnc(-c2c[nH]c3ncccc23)n1. The third-order valence-electron chi connectivity index (χ3n) is 4.24. The number of H-pyrrole nitrogens is 1. The Morgan fingerprint density at radius 1 is 1.14 bits per heavy atom. The second kappa shape index (κ2) is 5.40. The number of fused-ring (bicyclic) bond motifs is 1. The molecule has 0 spiro atoms. The van der Waals surface area contributed by atoms with Crippen molar-refractivity contribution in [3.63, 3.8) is 0 Å². The van der Waals surface area contributed by atoms with Gasteiger partial charge in [-0.15, -0.1) is 0 Å². The minimum Gasteiger partial charge on any atom is -0.365 e. The summed E-state index contributed by atoms with van der Waals surface area (Å²) < 4.78 is 0. The van der Waals surface area contributed by atoms with E-state index in [0.29, 0.717) is 11.7 Å². The predicted molar refractivity (Wildman–Crippen MR) is 89.7 cm³/mol. The topological polar surface area (TPSA) is 66.5 Å². The first-order valence-electron chi connectivity index (χ1n) is 7.51. The van der Waals surface area contributed by atoms with Gasteiger partial charge in [0.2, 0.25) is 0 Å². The van der Waals surface area contributed by atoms with Gasteiger partial charge in [0, 0.05) is 35.1 Å². The fraction of sp³-hybridized carbons (Fsp3) is 0.353. The molecule has 5 heteroatoms. The summed E-state index contributed by atoms with van der Waals surface area (Å²) in [7, 11) is 0. The largest absolute Gasteiger partial charge is 0.365 e. The van der Waals surface area contributed by atoms with Gasteiger partial charge in [0.25, 0.3) is 0 Å². The van der Waals surface area contributed by atoms with Gasteiger partial charge < -0.3 is 10.3 Å². The smallest absolute Gasteiger partial charge is 0.163 e. The molecule has 0 aromatic carbocycles. The molecule has 3 rings (SSSR count). The van der Waals surface area contributed by atoms with Crippen molar-refractivity contribution in [1.29, 1.82) is 0 Å². The predicted octanol–water partition coefficient (Wildman–Crippen LogP) is 3.87. The second-order valence-corrected chi connectivity index (χ2v) is 6.37. The van der Waals surface area contributed by atoms with E-state index in [4.69, 9.17) is 0 Å². The van der Waals surface area contributed by atoms with Crippen LogP contribution < -0.4 is 5.32 Å². The highest BCUT2D eigenvalue weighted by atomic mass is 15.1. The van der Waals surface area contributed by atoms with Crippen molar-refractivity contribution in [2.75, 3.05) is 5.32 Å². The van der Waals surface area contributed by atoms with Gasteiger partial charge >= 0.3 is 0 Å². The van der Waals surface area contributed by atoms with Gasteiger partial charge in [0.15, 0.2) is 5.82 Å². The molecule has 5 nitrogen and oxygen atoms in total. The molecule has 0 unspecified atom stereocenters. The number of anilines is 1. The molecule has 22 heavy (non-hydrogen) atoms. The fourth-order valence-electron chi connectivity index (χ4n) is 2.17. The van der Waals surface area contributed by atoms with Crippen LogP contribution in [0.1, 0.15) is 27.7 Å². The van der Waals surface area contributed by atoms with E-state index >= 15 is 0 Å². The quantitative estimate of drug-likeness (QED) is 0.767. The van der Waals surface area contributed by atoms with Crippen LogP contribution in [-0.2, 0) is 0 Å². The van der Waals surface area contributed by atoms with Gasteiger partial charge in [-0.25, -0.2) is 15.0 Å². The molecule has 3 aromatic rings. The lowest BCUT2D eigenvalue weighted by molar-refractivity contribution is 0.406. The third kappa shape index (κ3) is 2.66. The highest BCUT2D eigenvalue weighted by molar-refractivity contribution is 5.91. The lowest BCUT2D eigenvalue weighted by Gasteiger charge is -2.31. The maximum Gasteiger partial charge on any atom is 0.163 e. The van der Waals surface area contributed by atoms with Gasteiger partial charge in [0.1, 0.15) is 11.5 Å². The summed E-state index contributed by atoms with van der Waals surface area (Å²) in [4.78, 5) is 16.5. The molecule has 0 fully saturated rings. The Bertz CT molecular complexity index is 788. The van der Waals surface area contributed by atoms with E-state index in [1.54, 1.807) is 12.4 Å². The van der Waals surface area contributed by atoms with E-state index in [1.807, 2.05) is 24.4 Å². The number of hydrogen-bond acceptors (Lipinski definition) is 4. The van der Waals surface area contributed by atoms with E-state index in [1.165, 1.54) is 0 Å². The number of nitrogens with one attached hydrogen (secondary N) is 2. The van der Waals surface area contributed by atoms with Crippen LogP contribution in [0.25, 0.3) is 22.4 Å². The molecule has 0 saturated heterocycles. The van der Waals surface area contributed by atoms with Crippen molar-refractivity contribution >= 4 is 16.9 Å². The Hall–Kier alpha value is -2.43. The summed E-state index contributed by atoms with van der Waals surface area (Å²) in [5.41, 5.74) is 1.78. The molecule has 3 aromatic heterocycles. The van der Waals surface area contributed by atoms with Gasteiger partial charge in [-0.1, -0.05) is 13.8 Å². The first-order valence-corrected chi connectivity index (χ1v) is 7.51. The van der Waals surface area contributed by atoms with Gasteiger partial charge in [-0.05, 0) is 38.0 Å². The van der Waals surface area contributed by atoms with Crippen LogP contribution >= 0.6 is 0 Å². The number of aromatic nitrogens is 4. The van der Waals surface area contributed by atoms with Gasteiger partial charge in [-0.3, -0.25) is 0 Å². The number of aromatic amines is 1. The van der Waals surface area contributed by atoms with Crippen molar-refractivity contribution in [3.8, 4) is 11.4 Å². The summed E-state index contributed by atoms with van der Waals surface area (Å²) in [5, 5.41) is 4.52. The lowest BCUT2D eigenvalue weighted by Crippen LogP contribution is -2.37. The Kier molecular flexibility index (Phi) is 3.56. The highest BCUT2D eigenvalue weighted by Crippen LogP contribution is 2.26. The van der Waals surface area contributed by atoms with Gasteiger partial charge in [-0.2, -0.15) is 0 Å². The van der Waals surface area contributed by atoms with Crippen molar-refractivity contribution in [3.05, 3.63) is 36.8 Å². The minimum atomic E-state index is -0.0343. The van der Waals surface area contributed by atoms with E-state index < -0.39 is 0 Å². The molecule has 0 aliphatic rings. The second-order valence-electron chi connectivity index (χ2n) is 6.37. The van der Waals surface area contributed by atoms with E-state index in [0.717, 1.165) is 22.4 Å². The van der Waals surface area contributed by atoms with E-state index in [2.05, 4.69) is 52.9 Å². The summed E-state index contributed by atoms with van der Waals surface area (Å²) in [6, 6.07) is 5.85. The van der Waals surface area contributed by atoms with Crippen molar-refractivity contribution in [2.24, 2.45) is 5.92 Å². The molecule has 0 amide bonds. The first kappa shape index (κ1) is 14.5. The average Bonchev–Trinajstić information content (AvgIpc) is 2.91. The number of hydrogen-bond donors (Lipinski definition) is 2. The van der Waals surface area contributed by atoms with Crippen molar-refractivity contribution in [1.82, 2.24) is 19.9 Å². The molecule has 2 N–H and O–H groups in total. The Labute approximate surface area is 130 Å². The zero-order chi connectivity index (χ0) is 15.7. The molecule has 0 radical (unpaired) electrons. The zero-order valence-corrected chi connectivity index (χ0v) is 13.4. The van der Waals surface area contributed by atoms with Crippen LogP contribution in [0.4, 0.5) is 5.82 Å². The third-order valence-corrected chi connectivity index (χ3v) is 4.24. The number of rotatable bonds is 4. The molecule has 114 valence electrons. The average molecular weight is 295 g/mol. The molecule has 3 heterocycles. The van der Waals surface area contributed by atoms with Crippen LogP contribution in [-0.4, -0.2) is 25.5 Å². The maximum atomic E-state index is 4.66. The zero-order valence-electron chi connectivity index (χ0n) is 13.4. The maximum absolute atomic E-state index is 4.66. The Balaban J connectivity index is 1.98. The fourth-order valence-corrected chi connectivity index (χ4v) is 2.17. The van der Waals surface area contributed by atoms with Gasteiger partial charge in [0.05, 0.1) is 0 Å². The summed E-state index contributed by atoms with van der Waals surface area (Å²) in [5.74, 6) is 2.02. The summed E-state index contributed by atoms with van der Waals surface area (Å²) in [6.07, 6.45) is 5.47. The normalized spacial score (nSPS) is 12.0. The van der Waals surface area contributed by atoms with Crippen LogP contribution in [0.5, 0.6) is 0 Å². The minimum absolute atomic E-state index is 0.0343. The monoisotopic (exact) mass is 295 g/mol. The van der Waals surface area contributed by atoms with Crippen LogP contribution in [0, 0.1) is 5.92 Å². The highest BCUT2D eigenvalue weighted by Gasteiger charge is 2.22.